The van der Waals surface area contributed by atoms with Crippen molar-refractivity contribution in [3.8, 4) is 11.3 Å². The molecule has 3 atom stereocenters. The minimum Gasteiger partial charge on any atom is -0.394 e. The molecule has 2 fully saturated rings. The molecule has 3 aliphatic heterocycles. The van der Waals surface area contributed by atoms with Crippen molar-refractivity contribution in [1.29, 1.82) is 0 Å². The van der Waals surface area contributed by atoms with Crippen LogP contribution < -0.4 is 15.5 Å². The van der Waals surface area contributed by atoms with E-state index in [1.807, 2.05) is 43.3 Å². The standard InChI is InChI=1S/C32H41ClN8O4/c1-20-23-7-6-21(30-25(33)17-34-32(38-30)35-22-8-14-45-15-9-22)16-24(23)31(44)41(20)18-29(43)37-27(19-42)26-4-3-5-28(36-26)40-12-10-39(2)11-13-40/h3-7,16-17,20,22,27,31,42,44H,8-15,18-19H2,1-2H3,(H,37,43)(H,34,35,38)/t20-,27-,31?/m1/s1. The average Bonchev–Trinajstić information content (AvgIpc) is 3.29. The number of pyridine rings is 1. The second kappa shape index (κ2) is 13.9. The van der Waals surface area contributed by atoms with Gasteiger partial charge in [-0.2, -0.15) is 0 Å². The maximum atomic E-state index is 13.3. The molecule has 3 aromatic rings. The Morgan fingerprint density at radius 1 is 1.11 bits per heavy atom. The highest BCUT2D eigenvalue weighted by Crippen LogP contribution is 2.42. The molecule has 45 heavy (non-hydrogen) atoms. The van der Waals surface area contributed by atoms with Gasteiger partial charge in [0.15, 0.2) is 0 Å². The molecule has 6 rings (SSSR count). The van der Waals surface area contributed by atoms with Gasteiger partial charge in [-0.1, -0.05) is 29.8 Å². The first-order chi connectivity index (χ1) is 21.8. The summed E-state index contributed by atoms with van der Waals surface area (Å²) in [6, 6.07) is 10.8. The van der Waals surface area contributed by atoms with Crippen molar-refractivity contribution in [2.75, 3.05) is 69.8 Å². The number of likely N-dealkylation sites (N-methyl/N-ethyl adjacent to an activating group) is 1. The Morgan fingerprint density at radius 3 is 2.64 bits per heavy atom. The number of hydrogen-bond acceptors (Lipinski definition) is 11. The zero-order valence-electron chi connectivity index (χ0n) is 25.7. The average molecular weight is 637 g/mol. The molecule has 0 spiro atoms. The molecule has 1 unspecified atom stereocenters. The summed E-state index contributed by atoms with van der Waals surface area (Å²) >= 11 is 6.53. The third kappa shape index (κ3) is 7.06. The van der Waals surface area contributed by atoms with Crippen molar-refractivity contribution >= 4 is 29.3 Å². The van der Waals surface area contributed by atoms with E-state index in [1.54, 1.807) is 11.1 Å². The lowest BCUT2D eigenvalue weighted by Gasteiger charge is -2.33. The smallest absolute Gasteiger partial charge is 0.234 e. The number of fused-ring (bicyclic) bond motifs is 1. The van der Waals surface area contributed by atoms with Crippen LogP contribution in [-0.2, 0) is 9.53 Å². The first-order valence-electron chi connectivity index (χ1n) is 15.6. The molecular weight excluding hydrogens is 596 g/mol. The normalized spacial score (nSPS) is 21.8. The Labute approximate surface area is 268 Å². The van der Waals surface area contributed by atoms with Gasteiger partial charge in [0.1, 0.15) is 12.0 Å². The van der Waals surface area contributed by atoms with Crippen molar-refractivity contribution < 1.29 is 19.7 Å². The summed E-state index contributed by atoms with van der Waals surface area (Å²) < 4.78 is 5.44. The maximum Gasteiger partial charge on any atom is 0.234 e. The third-order valence-corrected chi connectivity index (χ3v) is 9.26. The summed E-state index contributed by atoms with van der Waals surface area (Å²) in [6.45, 7) is 6.65. The van der Waals surface area contributed by atoms with E-state index in [-0.39, 0.29) is 31.1 Å². The first kappa shape index (κ1) is 31.6. The summed E-state index contributed by atoms with van der Waals surface area (Å²) in [7, 11) is 2.10. The fourth-order valence-corrected chi connectivity index (χ4v) is 6.45. The Kier molecular flexibility index (Phi) is 9.78. The fraction of sp³-hybridized carbons (Fsp3) is 0.500. The van der Waals surface area contributed by atoms with Gasteiger partial charge in [0.25, 0.3) is 0 Å². The van der Waals surface area contributed by atoms with Crippen LogP contribution in [0.4, 0.5) is 11.8 Å². The number of carbonyl (C=O) groups is 1. The minimum atomic E-state index is -1.01. The summed E-state index contributed by atoms with van der Waals surface area (Å²) in [6.07, 6.45) is 2.34. The second-order valence-electron chi connectivity index (χ2n) is 12.0. The van der Waals surface area contributed by atoms with E-state index in [9.17, 15) is 15.0 Å². The molecule has 0 aliphatic carbocycles. The molecule has 2 saturated heterocycles. The van der Waals surface area contributed by atoms with Crippen molar-refractivity contribution in [1.82, 2.24) is 30.1 Å². The number of piperazine rings is 1. The van der Waals surface area contributed by atoms with E-state index in [0.717, 1.165) is 56.0 Å². The highest BCUT2D eigenvalue weighted by atomic mass is 35.5. The van der Waals surface area contributed by atoms with E-state index in [0.29, 0.717) is 41.1 Å². The van der Waals surface area contributed by atoms with Crippen LogP contribution in [0.2, 0.25) is 5.02 Å². The molecule has 0 radical (unpaired) electrons. The number of hydrogen-bond donors (Lipinski definition) is 4. The monoisotopic (exact) mass is 636 g/mol. The molecule has 1 aromatic carbocycles. The fourth-order valence-electron chi connectivity index (χ4n) is 6.25. The van der Waals surface area contributed by atoms with Gasteiger partial charge < -0.3 is 35.4 Å². The van der Waals surface area contributed by atoms with Crippen LogP contribution in [0.25, 0.3) is 11.3 Å². The minimum absolute atomic E-state index is 0.0611. The highest BCUT2D eigenvalue weighted by Gasteiger charge is 2.36. The largest absolute Gasteiger partial charge is 0.394 e. The molecule has 12 nitrogen and oxygen atoms in total. The first-order valence-corrected chi connectivity index (χ1v) is 15.9. The van der Waals surface area contributed by atoms with Gasteiger partial charge >= 0.3 is 0 Å². The van der Waals surface area contributed by atoms with E-state index in [1.165, 1.54) is 0 Å². The number of nitrogens with zero attached hydrogens (tertiary/aromatic N) is 6. The van der Waals surface area contributed by atoms with Gasteiger partial charge in [0.2, 0.25) is 11.9 Å². The Balaban J connectivity index is 1.13. The summed E-state index contributed by atoms with van der Waals surface area (Å²) in [4.78, 5) is 33.3. The topological polar surface area (TPSA) is 139 Å². The van der Waals surface area contributed by atoms with E-state index in [2.05, 4.69) is 32.5 Å². The molecule has 5 heterocycles. The number of nitrogens with one attached hydrogen (secondary N) is 2. The van der Waals surface area contributed by atoms with Gasteiger partial charge in [-0.25, -0.2) is 15.0 Å². The maximum absolute atomic E-state index is 13.3. The van der Waals surface area contributed by atoms with Gasteiger partial charge in [-0.05, 0) is 50.6 Å². The number of anilines is 2. The Hall–Kier alpha value is -3.39. The molecule has 3 aliphatic rings. The summed E-state index contributed by atoms with van der Waals surface area (Å²) in [5, 5.41) is 28.2. The van der Waals surface area contributed by atoms with E-state index in [4.69, 9.17) is 26.3 Å². The van der Waals surface area contributed by atoms with Crippen LogP contribution in [0.5, 0.6) is 0 Å². The number of aliphatic hydroxyl groups is 2. The summed E-state index contributed by atoms with van der Waals surface area (Å²) in [5.74, 6) is 1.01. The lowest BCUT2D eigenvalue weighted by Crippen LogP contribution is -2.45. The highest BCUT2D eigenvalue weighted by molar-refractivity contribution is 6.32. The van der Waals surface area contributed by atoms with E-state index >= 15 is 0 Å². The number of amides is 1. The number of aromatic nitrogens is 3. The van der Waals surface area contributed by atoms with Crippen LogP contribution in [-0.4, -0.2) is 107 Å². The molecule has 4 N–H and O–H groups in total. The van der Waals surface area contributed by atoms with E-state index < -0.39 is 12.3 Å². The zero-order chi connectivity index (χ0) is 31.5. The van der Waals surface area contributed by atoms with Crippen LogP contribution in [0.1, 0.15) is 54.9 Å². The van der Waals surface area contributed by atoms with Gasteiger partial charge in [-0.15, -0.1) is 0 Å². The quantitative estimate of drug-likeness (QED) is 0.276. The molecule has 13 heteroatoms. The van der Waals surface area contributed by atoms with Crippen molar-refractivity contribution in [2.45, 2.75) is 44.1 Å². The molecular formula is C32H41ClN8O4. The Bertz CT molecular complexity index is 1500. The summed E-state index contributed by atoms with van der Waals surface area (Å²) in [5.41, 5.74) is 3.53. The molecule has 1 amide bonds. The van der Waals surface area contributed by atoms with Crippen LogP contribution in [0, 0.1) is 0 Å². The number of benzene rings is 1. The van der Waals surface area contributed by atoms with Gasteiger partial charge in [0.05, 0.1) is 41.8 Å². The lowest BCUT2D eigenvalue weighted by atomic mass is 10.0. The Morgan fingerprint density at radius 2 is 1.89 bits per heavy atom. The zero-order valence-corrected chi connectivity index (χ0v) is 26.5. The number of carbonyl (C=O) groups excluding carboxylic acids is 1. The van der Waals surface area contributed by atoms with Gasteiger partial charge in [0, 0.05) is 62.6 Å². The van der Waals surface area contributed by atoms with Gasteiger partial charge in [-0.3, -0.25) is 9.69 Å². The number of aliphatic hydroxyl groups excluding tert-OH is 2. The van der Waals surface area contributed by atoms with Crippen molar-refractivity contribution in [3.63, 3.8) is 0 Å². The third-order valence-electron chi connectivity index (χ3n) is 8.98. The number of ether oxygens (including phenoxy) is 1. The molecule has 0 bridgehead atoms. The molecule has 240 valence electrons. The van der Waals surface area contributed by atoms with Crippen molar-refractivity contribution in [2.24, 2.45) is 0 Å². The predicted molar refractivity (Wildman–Crippen MR) is 172 cm³/mol. The number of rotatable bonds is 9. The van der Waals surface area contributed by atoms with Crippen LogP contribution in [0.3, 0.4) is 0 Å². The second-order valence-corrected chi connectivity index (χ2v) is 12.4. The molecule has 2 aromatic heterocycles. The van der Waals surface area contributed by atoms with Crippen LogP contribution in [0.15, 0.2) is 42.6 Å². The SMILES string of the molecule is C[C@@H]1c2ccc(-c3nc(NC4CCOCC4)ncc3Cl)cc2C(O)N1CC(=O)N[C@H](CO)c1cccc(N2CCN(C)CC2)n1. The predicted octanol–water partition coefficient (Wildman–Crippen LogP) is 2.75. The molecule has 0 saturated carbocycles. The van der Waals surface area contributed by atoms with Crippen LogP contribution >= 0.6 is 11.6 Å². The lowest BCUT2D eigenvalue weighted by molar-refractivity contribution is -0.127. The van der Waals surface area contributed by atoms with Crippen molar-refractivity contribution in [3.05, 3.63) is 64.4 Å². The number of halogens is 1.